The summed E-state index contributed by atoms with van der Waals surface area (Å²) < 4.78 is 2.07. The Morgan fingerprint density at radius 2 is 1.95 bits per heavy atom. The standard InChI is InChI=1S/C15H22N4/c1-15(10-17(2)7-8-19(15)4)12-5-6-14-13(9-12)16-11-18(14)3/h5-6,9,11H,7-8,10H2,1-4H3. The molecule has 4 nitrogen and oxygen atoms in total. The minimum Gasteiger partial charge on any atom is -0.334 e. The summed E-state index contributed by atoms with van der Waals surface area (Å²) in [7, 11) is 6.46. The van der Waals surface area contributed by atoms with Crippen molar-refractivity contribution in [2.24, 2.45) is 7.05 Å². The Morgan fingerprint density at radius 1 is 1.16 bits per heavy atom. The number of imidazole rings is 1. The quantitative estimate of drug-likeness (QED) is 0.777. The van der Waals surface area contributed by atoms with E-state index in [0.717, 1.165) is 25.2 Å². The van der Waals surface area contributed by atoms with Gasteiger partial charge in [0.25, 0.3) is 0 Å². The second kappa shape index (κ2) is 4.32. The number of piperazine rings is 1. The SMILES string of the molecule is CN1CCN(C)C(C)(c2ccc3c(c2)ncn3C)C1. The van der Waals surface area contributed by atoms with Gasteiger partial charge in [-0.05, 0) is 38.7 Å². The van der Waals surface area contributed by atoms with Crippen molar-refractivity contribution in [1.29, 1.82) is 0 Å². The van der Waals surface area contributed by atoms with Crippen molar-refractivity contribution < 1.29 is 0 Å². The topological polar surface area (TPSA) is 24.3 Å². The van der Waals surface area contributed by atoms with Crippen LogP contribution in [-0.4, -0.2) is 53.1 Å². The molecule has 0 N–H and O–H groups in total. The van der Waals surface area contributed by atoms with Gasteiger partial charge in [0, 0.05) is 26.7 Å². The van der Waals surface area contributed by atoms with Gasteiger partial charge in [-0.2, -0.15) is 0 Å². The summed E-state index contributed by atoms with van der Waals surface area (Å²) in [5, 5.41) is 0. The molecule has 2 heterocycles. The van der Waals surface area contributed by atoms with E-state index in [9.17, 15) is 0 Å². The van der Waals surface area contributed by atoms with Crippen LogP contribution < -0.4 is 0 Å². The molecule has 0 bridgehead atoms. The molecule has 1 fully saturated rings. The Bertz CT molecular complexity index is 603. The Balaban J connectivity index is 2.06. The van der Waals surface area contributed by atoms with E-state index in [-0.39, 0.29) is 5.54 Å². The van der Waals surface area contributed by atoms with Crippen LogP contribution in [0.3, 0.4) is 0 Å². The Labute approximate surface area is 114 Å². The zero-order valence-corrected chi connectivity index (χ0v) is 12.2. The minimum absolute atomic E-state index is 0.0682. The Hall–Kier alpha value is -1.39. The minimum atomic E-state index is 0.0682. The van der Waals surface area contributed by atoms with Gasteiger partial charge in [0.05, 0.1) is 22.9 Å². The first-order chi connectivity index (χ1) is 9.00. The summed E-state index contributed by atoms with van der Waals surface area (Å²) in [6, 6.07) is 6.68. The lowest BCUT2D eigenvalue weighted by Crippen LogP contribution is -2.56. The van der Waals surface area contributed by atoms with Crippen molar-refractivity contribution in [1.82, 2.24) is 19.4 Å². The number of likely N-dealkylation sites (N-methyl/N-ethyl adjacent to an activating group) is 2. The maximum atomic E-state index is 4.48. The molecule has 1 aliphatic rings. The van der Waals surface area contributed by atoms with E-state index in [0.29, 0.717) is 0 Å². The van der Waals surface area contributed by atoms with Gasteiger partial charge in [-0.25, -0.2) is 4.98 Å². The molecule has 19 heavy (non-hydrogen) atoms. The van der Waals surface area contributed by atoms with Crippen LogP contribution in [0.5, 0.6) is 0 Å². The molecule has 0 amide bonds. The molecule has 2 aromatic rings. The molecular weight excluding hydrogens is 236 g/mol. The fraction of sp³-hybridized carbons (Fsp3) is 0.533. The fourth-order valence-corrected chi connectivity index (χ4v) is 3.08. The number of rotatable bonds is 1. The van der Waals surface area contributed by atoms with Gasteiger partial charge in [-0.15, -0.1) is 0 Å². The van der Waals surface area contributed by atoms with E-state index >= 15 is 0 Å². The van der Waals surface area contributed by atoms with Crippen LogP contribution in [0.2, 0.25) is 0 Å². The van der Waals surface area contributed by atoms with Gasteiger partial charge in [-0.1, -0.05) is 6.07 Å². The van der Waals surface area contributed by atoms with Crippen LogP contribution in [0, 0.1) is 0 Å². The lowest BCUT2D eigenvalue weighted by atomic mass is 9.88. The fourth-order valence-electron chi connectivity index (χ4n) is 3.08. The zero-order valence-electron chi connectivity index (χ0n) is 12.2. The maximum Gasteiger partial charge on any atom is 0.0955 e. The number of aromatic nitrogens is 2. The molecule has 1 saturated heterocycles. The summed E-state index contributed by atoms with van der Waals surface area (Å²) >= 11 is 0. The van der Waals surface area contributed by atoms with Crippen molar-refractivity contribution in [3.8, 4) is 0 Å². The van der Waals surface area contributed by atoms with E-state index in [1.807, 2.05) is 13.4 Å². The number of nitrogens with zero attached hydrogens (tertiary/aromatic N) is 4. The van der Waals surface area contributed by atoms with Crippen LogP contribution in [0.4, 0.5) is 0 Å². The lowest BCUT2D eigenvalue weighted by molar-refractivity contribution is 0.0380. The van der Waals surface area contributed by atoms with Gasteiger partial charge < -0.3 is 9.47 Å². The summed E-state index contributed by atoms with van der Waals surface area (Å²) in [6.07, 6.45) is 1.88. The molecule has 0 radical (unpaired) electrons. The lowest BCUT2D eigenvalue weighted by Gasteiger charge is -2.46. The predicted molar refractivity (Wildman–Crippen MR) is 78.2 cm³/mol. The van der Waals surface area contributed by atoms with E-state index < -0.39 is 0 Å². The average molecular weight is 258 g/mol. The molecular formula is C15H22N4. The highest BCUT2D eigenvalue weighted by atomic mass is 15.3. The van der Waals surface area contributed by atoms with Gasteiger partial charge >= 0.3 is 0 Å². The van der Waals surface area contributed by atoms with Crippen LogP contribution in [0.15, 0.2) is 24.5 Å². The van der Waals surface area contributed by atoms with E-state index in [1.165, 1.54) is 11.1 Å². The van der Waals surface area contributed by atoms with Gasteiger partial charge in [0.2, 0.25) is 0 Å². The normalized spacial score (nSPS) is 26.1. The number of hydrogen-bond donors (Lipinski definition) is 0. The molecule has 0 saturated carbocycles. The Kier molecular flexibility index (Phi) is 2.87. The molecule has 4 heteroatoms. The van der Waals surface area contributed by atoms with E-state index in [4.69, 9.17) is 0 Å². The molecule has 0 aliphatic carbocycles. The third-order valence-corrected chi connectivity index (χ3v) is 4.58. The molecule has 3 rings (SSSR count). The third-order valence-electron chi connectivity index (χ3n) is 4.58. The first-order valence-corrected chi connectivity index (χ1v) is 6.82. The second-order valence-electron chi connectivity index (χ2n) is 5.99. The molecule has 1 atom stereocenters. The van der Waals surface area contributed by atoms with Crippen LogP contribution in [0.1, 0.15) is 12.5 Å². The first-order valence-electron chi connectivity index (χ1n) is 6.82. The van der Waals surface area contributed by atoms with Crippen LogP contribution in [-0.2, 0) is 12.6 Å². The summed E-state index contributed by atoms with van der Waals surface area (Å²) in [6.45, 7) is 5.62. The number of fused-ring (bicyclic) bond motifs is 1. The third kappa shape index (κ3) is 1.95. The van der Waals surface area contributed by atoms with Crippen molar-refractivity contribution in [3.05, 3.63) is 30.1 Å². The van der Waals surface area contributed by atoms with Gasteiger partial charge in [-0.3, -0.25) is 4.90 Å². The van der Waals surface area contributed by atoms with Crippen LogP contribution in [0.25, 0.3) is 11.0 Å². The highest BCUT2D eigenvalue weighted by Crippen LogP contribution is 2.32. The Morgan fingerprint density at radius 3 is 2.74 bits per heavy atom. The molecule has 1 aliphatic heterocycles. The molecule has 1 unspecified atom stereocenters. The molecule has 1 aromatic heterocycles. The van der Waals surface area contributed by atoms with Crippen molar-refractivity contribution in [2.45, 2.75) is 12.5 Å². The average Bonchev–Trinajstić information content (AvgIpc) is 2.76. The highest BCUT2D eigenvalue weighted by Gasteiger charge is 2.36. The predicted octanol–water partition coefficient (Wildman–Crippen LogP) is 1.67. The van der Waals surface area contributed by atoms with Gasteiger partial charge in [0.15, 0.2) is 0 Å². The first kappa shape index (κ1) is 12.6. The second-order valence-corrected chi connectivity index (χ2v) is 5.99. The van der Waals surface area contributed by atoms with Gasteiger partial charge in [0.1, 0.15) is 0 Å². The van der Waals surface area contributed by atoms with Crippen molar-refractivity contribution in [3.63, 3.8) is 0 Å². The highest BCUT2D eigenvalue weighted by molar-refractivity contribution is 5.76. The molecule has 1 aromatic carbocycles. The maximum absolute atomic E-state index is 4.48. The zero-order chi connectivity index (χ0) is 13.6. The van der Waals surface area contributed by atoms with E-state index in [2.05, 4.69) is 58.6 Å². The summed E-state index contributed by atoms with van der Waals surface area (Å²) in [5.74, 6) is 0. The number of aryl methyl sites for hydroxylation is 1. The number of hydrogen-bond acceptors (Lipinski definition) is 3. The smallest absolute Gasteiger partial charge is 0.0955 e. The largest absolute Gasteiger partial charge is 0.334 e. The monoisotopic (exact) mass is 258 g/mol. The molecule has 0 spiro atoms. The summed E-state index contributed by atoms with van der Waals surface area (Å²) in [5.41, 5.74) is 3.70. The van der Waals surface area contributed by atoms with Crippen molar-refractivity contribution >= 4 is 11.0 Å². The number of benzene rings is 1. The summed E-state index contributed by atoms with van der Waals surface area (Å²) in [4.78, 5) is 9.34. The van der Waals surface area contributed by atoms with Crippen LogP contribution >= 0.6 is 0 Å². The van der Waals surface area contributed by atoms with E-state index in [1.54, 1.807) is 0 Å². The molecule has 102 valence electrons. The van der Waals surface area contributed by atoms with Crippen molar-refractivity contribution in [2.75, 3.05) is 33.7 Å².